The minimum Gasteiger partial charge on any atom is -0.329 e. The highest BCUT2D eigenvalue weighted by Gasteiger charge is 2.16. The predicted octanol–water partition coefficient (Wildman–Crippen LogP) is 4.89. The Bertz CT molecular complexity index is 619. The smallest absolute Gasteiger partial charge is 0.0551 e. The maximum absolute atomic E-state index is 6.18. The molecule has 0 aromatic heterocycles. The Labute approximate surface area is 144 Å². The van der Waals surface area contributed by atoms with Gasteiger partial charge in [-0.3, -0.25) is 4.90 Å². The molecule has 1 unspecified atom stereocenters. The van der Waals surface area contributed by atoms with Crippen molar-refractivity contribution >= 4 is 39.1 Å². The van der Waals surface area contributed by atoms with Gasteiger partial charge >= 0.3 is 0 Å². The average Bonchev–Trinajstić information content (AvgIpc) is 2.43. The number of nitrogens with zero attached hydrogens (tertiary/aromatic N) is 1. The van der Waals surface area contributed by atoms with Gasteiger partial charge in [0.1, 0.15) is 0 Å². The Morgan fingerprint density at radius 3 is 2.57 bits per heavy atom. The molecule has 2 nitrogen and oxygen atoms in total. The van der Waals surface area contributed by atoms with Crippen LogP contribution in [0.2, 0.25) is 10.0 Å². The first-order valence-corrected chi connectivity index (χ1v) is 8.16. The lowest BCUT2D eigenvalue weighted by Crippen LogP contribution is -2.30. The summed E-state index contributed by atoms with van der Waals surface area (Å²) in [6.45, 7) is 1.30. The van der Waals surface area contributed by atoms with E-state index in [2.05, 4.69) is 26.9 Å². The van der Waals surface area contributed by atoms with Crippen LogP contribution in [0.5, 0.6) is 0 Å². The van der Waals surface area contributed by atoms with Crippen molar-refractivity contribution in [2.45, 2.75) is 12.6 Å². The number of halogens is 3. The standard InChI is InChI=1S/C16H17BrCl2N2/c1-21(10-11-3-2-4-13(18)7-11)16(9-20)12-5-6-14(17)15(19)8-12/h2-8,16H,9-10,20H2,1H3. The van der Waals surface area contributed by atoms with Crippen molar-refractivity contribution in [3.05, 3.63) is 68.1 Å². The second kappa shape index (κ2) is 7.61. The van der Waals surface area contributed by atoms with Gasteiger partial charge in [-0.05, 0) is 58.4 Å². The van der Waals surface area contributed by atoms with Crippen LogP contribution in [0.4, 0.5) is 0 Å². The van der Waals surface area contributed by atoms with E-state index in [9.17, 15) is 0 Å². The summed E-state index contributed by atoms with van der Waals surface area (Å²) in [5.74, 6) is 0. The SMILES string of the molecule is CN(Cc1cccc(Cl)c1)C(CN)c1ccc(Br)c(Cl)c1. The third-order valence-corrected chi connectivity index (χ3v) is 4.87. The third-order valence-electron chi connectivity index (χ3n) is 3.40. The molecule has 0 fully saturated rings. The minimum atomic E-state index is 0.106. The van der Waals surface area contributed by atoms with Gasteiger partial charge in [-0.25, -0.2) is 0 Å². The molecule has 112 valence electrons. The van der Waals surface area contributed by atoms with Gasteiger partial charge in [0, 0.05) is 28.6 Å². The Balaban J connectivity index is 2.18. The van der Waals surface area contributed by atoms with Gasteiger partial charge in [0.15, 0.2) is 0 Å². The average molecular weight is 388 g/mol. The van der Waals surface area contributed by atoms with Crippen molar-refractivity contribution in [2.75, 3.05) is 13.6 Å². The van der Waals surface area contributed by atoms with Gasteiger partial charge in [-0.15, -0.1) is 0 Å². The van der Waals surface area contributed by atoms with Crippen LogP contribution >= 0.6 is 39.1 Å². The molecule has 2 N–H and O–H groups in total. The van der Waals surface area contributed by atoms with Gasteiger partial charge in [-0.1, -0.05) is 41.4 Å². The quantitative estimate of drug-likeness (QED) is 0.791. The molecule has 2 aromatic rings. The van der Waals surface area contributed by atoms with E-state index in [0.717, 1.165) is 27.2 Å². The highest BCUT2D eigenvalue weighted by molar-refractivity contribution is 9.10. The fourth-order valence-corrected chi connectivity index (χ4v) is 2.97. The maximum atomic E-state index is 6.18. The third kappa shape index (κ3) is 4.44. The highest BCUT2D eigenvalue weighted by Crippen LogP contribution is 2.28. The first-order valence-electron chi connectivity index (χ1n) is 6.61. The second-order valence-electron chi connectivity index (χ2n) is 4.97. The molecule has 2 aromatic carbocycles. The molecule has 0 amide bonds. The Kier molecular flexibility index (Phi) is 6.08. The molecule has 0 spiro atoms. The molecule has 0 aliphatic carbocycles. The summed E-state index contributed by atoms with van der Waals surface area (Å²) in [4.78, 5) is 2.20. The predicted molar refractivity (Wildman–Crippen MR) is 93.9 cm³/mol. The van der Waals surface area contributed by atoms with Crippen molar-refractivity contribution < 1.29 is 0 Å². The summed E-state index contributed by atoms with van der Waals surface area (Å²) >= 11 is 15.6. The molecule has 0 radical (unpaired) electrons. The zero-order valence-corrected chi connectivity index (χ0v) is 14.8. The van der Waals surface area contributed by atoms with Gasteiger partial charge in [0.25, 0.3) is 0 Å². The van der Waals surface area contributed by atoms with E-state index >= 15 is 0 Å². The number of likely N-dealkylation sites (N-methyl/N-ethyl adjacent to an activating group) is 1. The van der Waals surface area contributed by atoms with Crippen molar-refractivity contribution in [3.8, 4) is 0 Å². The molecule has 0 saturated carbocycles. The van der Waals surface area contributed by atoms with Crippen molar-refractivity contribution in [1.82, 2.24) is 4.90 Å². The maximum Gasteiger partial charge on any atom is 0.0551 e. The summed E-state index contributed by atoms with van der Waals surface area (Å²) in [5, 5.41) is 1.44. The second-order valence-corrected chi connectivity index (χ2v) is 6.67. The fourth-order valence-electron chi connectivity index (χ4n) is 2.32. The van der Waals surface area contributed by atoms with Crippen molar-refractivity contribution in [3.63, 3.8) is 0 Å². The van der Waals surface area contributed by atoms with Crippen LogP contribution in [-0.2, 0) is 6.54 Å². The lowest BCUT2D eigenvalue weighted by Gasteiger charge is -2.27. The van der Waals surface area contributed by atoms with Crippen LogP contribution in [0.15, 0.2) is 46.9 Å². The molecule has 0 bridgehead atoms. The molecule has 0 heterocycles. The van der Waals surface area contributed by atoms with Crippen molar-refractivity contribution in [2.24, 2.45) is 5.73 Å². The molecule has 5 heteroatoms. The summed E-state index contributed by atoms with van der Waals surface area (Å²) in [6.07, 6.45) is 0. The monoisotopic (exact) mass is 386 g/mol. The zero-order chi connectivity index (χ0) is 15.4. The number of hydrogen-bond donors (Lipinski definition) is 1. The van der Waals surface area contributed by atoms with E-state index < -0.39 is 0 Å². The van der Waals surface area contributed by atoms with Gasteiger partial charge in [-0.2, -0.15) is 0 Å². The largest absolute Gasteiger partial charge is 0.329 e. The van der Waals surface area contributed by atoms with Crippen LogP contribution in [0, 0.1) is 0 Å². The molecule has 21 heavy (non-hydrogen) atoms. The lowest BCUT2D eigenvalue weighted by molar-refractivity contribution is 0.242. The number of nitrogens with two attached hydrogens (primary N) is 1. The summed E-state index contributed by atoms with van der Waals surface area (Å²) in [7, 11) is 2.05. The van der Waals surface area contributed by atoms with Crippen LogP contribution in [0.25, 0.3) is 0 Å². The molecular weight excluding hydrogens is 371 g/mol. The Morgan fingerprint density at radius 2 is 1.95 bits per heavy atom. The number of hydrogen-bond acceptors (Lipinski definition) is 2. The molecule has 0 saturated heterocycles. The van der Waals surface area contributed by atoms with Crippen LogP contribution in [-0.4, -0.2) is 18.5 Å². The molecule has 0 aliphatic heterocycles. The molecule has 0 aliphatic rings. The molecular formula is C16H17BrCl2N2. The number of benzene rings is 2. The van der Waals surface area contributed by atoms with Crippen LogP contribution < -0.4 is 5.73 Å². The normalized spacial score (nSPS) is 12.7. The van der Waals surface area contributed by atoms with Crippen LogP contribution in [0.3, 0.4) is 0 Å². The lowest BCUT2D eigenvalue weighted by atomic mass is 10.0. The Morgan fingerprint density at radius 1 is 1.19 bits per heavy atom. The first kappa shape index (κ1) is 16.8. The van der Waals surface area contributed by atoms with Gasteiger partial charge in [0.2, 0.25) is 0 Å². The summed E-state index contributed by atoms with van der Waals surface area (Å²) < 4.78 is 0.890. The fraction of sp³-hybridized carbons (Fsp3) is 0.250. The van der Waals surface area contributed by atoms with E-state index in [0.29, 0.717) is 11.6 Å². The zero-order valence-electron chi connectivity index (χ0n) is 11.7. The van der Waals surface area contributed by atoms with E-state index in [1.165, 1.54) is 0 Å². The molecule has 1 atom stereocenters. The topological polar surface area (TPSA) is 29.3 Å². The van der Waals surface area contributed by atoms with E-state index in [1.807, 2.05) is 43.4 Å². The van der Waals surface area contributed by atoms with Gasteiger partial charge in [0.05, 0.1) is 5.02 Å². The molecule has 2 rings (SSSR count). The van der Waals surface area contributed by atoms with Crippen LogP contribution in [0.1, 0.15) is 17.2 Å². The Hall–Kier alpha value is -0.580. The summed E-state index contributed by atoms with van der Waals surface area (Å²) in [5.41, 5.74) is 8.22. The van der Waals surface area contributed by atoms with E-state index in [-0.39, 0.29) is 6.04 Å². The van der Waals surface area contributed by atoms with Crippen molar-refractivity contribution in [1.29, 1.82) is 0 Å². The van der Waals surface area contributed by atoms with E-state index in [4.69, 9.17) is 28.9 Å². The minimum absolute atomic E-state index is 0.106. The number of rotatable bonds is 5. The van der Waals surface area contributed by atoms with E-state index in [1.54, 1.807) is 0 Å². The highest BCUT2D eigenvalue weighted by atomic mass is 79.9. The van der Waals surface area contributed by atoms with Gasteiger partial charge < -0.3 is 5.73 Å². The summed E-state index contributed by atoms with van der Waals surface area (Å²) in [6, 6.07) is 13.9. The first-order chi connectivity index (χ1) is 10.0.